The molecule has 0 aliphatic carbocycles. The standard InChI is InChI=1S/C22H28ClN3O3/c1-28-20-8-3-17(15-21(20)29-2)16-22(27)24-9-10-25-11-13-26(14-12-25)19-6-4-18(23)5-7-19/h3-8,15H,9-14,16H2,1-2H3,(H,24,27). The number of piperazine rings is 1. The third kappa shape index (κ3) is 6.02. The highest BCUT2D eigenvalue weighted by atomic mass is 35.5. The van der Waals surface area contributed by atoms with Crippen molar-refractivity contribution in [2.45, 2.75) is 6.42 Å². The zero-order valence-electron chi connectivity index (χ0n) is 17.0. The summed E-state index contributed by atoms with van der Waals surface area (Å²) in [7, 11) is 3.19. The molecule has 0 unspecified atom stereocenters. The second-order valence-corrected chi connectivity index (χ2v) is 7.46. The van der Waals surface area contributed by atoms with E-state index in [1.165, 1.54) is 5.69 Å². The first-order chi connectivity index (χ1) is 14.1. The SMILES string of the molecule is COc1ccc(CC(=O)NCCN2CCN(c3ccc(Cl)cc3)CC2)cc1OC. The van der Waals surface area contributed by atoms with Crippen molar-refractivity contribution in [3.05, 3.63) is 53.1 Å². The van der Waals surface area contributed by atoms with Crippen molar-refractivity contribution < 1.29 is 14.3 Å². The van der Waals surface area contributed by atoms with Crippen LogP contribution >= 0.6 is 11.6 Å². The van der Waals surface area contributed by atoms with Crippen LogP contribution in [0.25, 0.3) is 0 Å². The van der Waals surface area contributed by atoms with Gasteiger partial charge in [-0.1, -0.05) is 17.7 Å². The van der Waals surface area contributed by atoms with Gasteiger partial charge in [0.15, 0.2) is 11.5 Å². The number of carbonyl (C=O) groups excluding carboxylic acids is 1. The van der Waals surface area contributed by atoms with Crippen LogP contribution in [0.1, 0.15) is 5.56 Å². The molecule has 2 aromatic rings. The molecule has 6 nitrogen and oxygen atoms in total. The lowest BCUT2D eigenvalue weighted by molar-refractivity contribution is -0.120. The number of halogens is 1. The van der Waals surface area contributed by atoms with Crippen LogP contribution in [0, 0.1) is 0 Å². The third-order valence-corrected chi connectivity index (χ3v) is 5.38. The molecule has 0 atom stereocenters. The Balaban J connectivity index is 1.38. The van der Waals surface area contributed by atoms with E-state index in [0.717, 1.165) is 43.3 Å². The Morgan fingerprint density at radius 2 is 1.69 bits per heavy atom. The van der Waals surface area contributed by atoms with Gasteiger partial charge >= 0.3 is 0 Å². The molecular weight excluding hydrogens is 390 g/mol. The van der Waals surface area contributed by atoms with E-state index in [1.54, 1.807) is 14.2 Å². The average molecular weight is 418 g/mol. The molecule has 1 aliphatic heterocycles. The van der Waals surface area contributed by atoms with E-state index in [-0.39, 0.29) is 5.91 Å². The van der Waals surface area contributed by atoms with Crippen LogP contribution < -0.4 is 19.7 Å². The normalized spacial score (nSPS) is 14.5. The molecule has 3 rings (SSSR count). The highest BCUT2D eigenvalue weighted by molar-refractivity contribution is 6.30. The van der Waals surface area contributed by atoms with Crippen molar-refractivity contribution in [1.82, 2.24) is 10.2 Å². The van der Waals surface area contributed by atoms with Crippen LogP contribution in [0.3, 0.4) is 0 Å². The molecule has 0 bridgehead atoms. The Morgan fingerprint density at radius 1 is 1.00 bits per heavy atom. The van der Waals surface area contributed by atoms with E-state index in [2.05, 4.69) is 27.2 Å². The fourth-order valence-corrected chi connectivity index (χ4v) is 3.60. The fourth-order valence-electron chi connectivity index (χ4n) is 3.47. The monoisotopic (exact) mass is 417 g/mol. The van der Waals surface area contributed by atoms with Gasteiger partial charge in [-0.15, -0.1) is 0 Å². The van der Waals surface area contributed by atoms with E-state index in [9.17, 15) is 4.79 Å². The van der Waals surface area contributed by atoms with Gasteiger partial charge in [0.2, 0.25) is 5.91 Å². The summed E-state index contributed by atoms with van der Waals surface area (Å²) in [5.74, 6) is 1.31. The summed E-state index contributed by atoms with van der Waals surface area (Å²) in [6, 6.07) is 13.5. The lowest BCUT2D eigenvalue weighted by atomic mass is 10.1. The molecule has 0 spiro atoms. The highest BCUT2D eigenvalue weighted by Crippen LogP contribution is 2.27. The van der Waals surface area contributed by atoms with E-state index in [0.29, 0.717) is 24.5 Å². The molecule has 7 heteroatoms. The van der Waals surface area contributed by atoms with Gasteiger partial charge in [-0.05, 0) is 42.0 Å². The minimum Gasteiger partial charge on any atom is -0.493 e. The Kier molecular flexibility index (Phi) is 7.61. The maximum absolute atomic E-state index is 12.3. The molecule has 156 valence electrons. The number of hydrogen-bond acceptors (Lipinski definition) is 5. The number of anilines is 1. The number of ether oxygens (including phenoxy) is 2. The first-order valence-electron chi connectivity index (χ1n) is 9.79. The van der Waals surface area contributed by atoms with Crippen molar-refractivity contribution in [1.29, 1.82) is 0 Å². The van der Waals surface area contributed by atoms with Gasteiger partial charge in [0.1, 0.15) is 0 Å². The molecule has 0 radical (unpaired) electrons. The Morgan fingerprint density at radius 3 is 2.34 bits per heavy atom. The smallest absolute Gasteiger partial charge is 0.224 e. The lowest BCUT2D eigenvalue weighted by Gasteiger charge is -2.36. The predicted octanol–water partition coefficient (Wildman–Crippen LogP) is 2.84. The molecule has 1 amide bonds. The minimum absolute atomic E-state index is 0.0111. The van der Waals surface area contributed by atoms with Gasteiger partial charge in [0, 0.05) is 50.0 Å². The molecule has 1 saturated heterocycles. The maximum Gasteiger partial charge on any atom is 0.224 e. The number of rotatable bonds is 8. The summed E-state index contributed by atoms with van der Waals surface area (Å²) < 4.78 is 10.5. The number of amides is 1. The summed E-state index contributed by atoms with van der Waals surface area (Å²) in [4.78, 5) is 17.0. The fraction of sp³-hybridized carbons (Fsp3) is 0.409. The molecule has 1 fully saturated rings. The van der Waals surface area contributed by atoms with Crippen LogP contribution in [0.15, 0.2) is 42.5 Å². The number of nitrogens with zero attached hydrogens (tertiary/aromatic N) is 2. The molecule has 1 N–H and O–H groups in total. The van der Waals surface area contributed by atoms with E-state index in [4.69, 9.17) is 21.1 Å². The summed E-state index contributed by atoms with van der Waals surface area (Å²) in [6.07, 6.45) is 0.324. The van der Waals surface area contributed by atoms with Crippen molar-refractivity contribution in [2.24, 2.45) is 0 Å². The van der Waals surface area contributed by atoms with Gasteiger partial charge in [-0.25, -0.2) is 0 Å². The van der Waals surface area contributed by atoms with Crippen LogP contribution in [-0.2, 0) is 11.2 Å². The second-order valence-electron chi connectivity index (χ2n) is 7.02. The first kappa shape index (κ1) is 21.3. The van der Waals surface area contributed by atoms with Crippen LogP contribution in [0.5, 0.6) is 11.5 Å². The molecule has 2 aromatic carbocycles. The topological polar surface area (TPSA) is 54.0 Å². The van der Waals surface area contributed by atoms with Gasteiger partial charge in [-0.3, -0.25) is 9.69 Å². The molecular formula is C22H28ClN3O3. The van der Waals surface area contributed by atoms with Crippen molar-refractivity contribution in [2.75, 3.05) is 58.4 Å². The summed E-state index contributed by atoms with van der Waals surface area (Å²) in [5, 5.41) is 3.77. The first-order valence-corrected chi connectivity index (χ1v) is 10.2. The van der Waals surface area contributed by atoms with Gasteiger partial charge in [0.05, 0.1) is 20.6 Å². The lowest BCUT2D eigenvalue weighted by Crippen LogP contribution is -2.48. The Bertz CT molecular complexity index is 805. The van der Waals surface area contributed by atoms with E-state index < -0.39 is 0 Å². The van der Waals surface area contributed by atoms with Crippen LogP contribution in [0.4, 0.5) is 5.69 Å². The highest BCUT2D eigenvalue weighted by Gasteiger charge is 2.17. The minimum atomic E-state index is 0.0111. The molecule has 0 aromatic heterocycles. The van der Waals surface area contributed by atoms with E-state index in [1.807, 2.05) is 30.3 Å². The summed E-state index contributed by atoms with van der Waals surface area (Å²) in [5.41, 5.74) is 2.11. The third-order valence-electron chi connectivity index (χ3n) is 5.13. The van der Waals surface area contributed by atoms with Gasteiger partial charge < -0.3 is 19.7 Å². The second kappa shape index (κ2) is 10.4. The van der Waals surface area contributed by atoms with Crippen molar-refractivity contribution in [3.63, 3.8) is 0 Å². The number of benzene rings is 2. The zero-order chi connectivity index (χ0) is 20.6. The maximum atomic E-state index is 12.3. The molecule has 1 heterocycles. The van der Waals surface area contributed by atoms with Crippen molar-refractivity contribution in [3.8, 4) is 11.5 Å². The molecule has 0 saturated carbocycles. The number of carbonyl (C=O) groups is 1. The zero-order valence-corrected chi connectivity index (χ0v) is 17.7. The quantitative estimate of drug-likeness (QED) is 0.715. The van der Waals surface area contributed by atoms with Gasteiger partial charge in [-0.2, -0.15) is 0 Å². The van der Waals surface area contributed by atoms with Crippen molar-refractivity contribution >= 4 is 23.2 Å². The average Bonchev–Trinajstić information content (AvgIpc) is 2.74. The number of nitrogens with one attached hydrogen (secondary N) is 1. The molecule has 29 heavy (non-hydrogen) atoms. The van der Waals surface area contributed by atoms with Crippen LogP contribution in [0.2, 0.25) is 5.02 Å². The summed E-state index contributed by atoms with van der Waals surface area (Å²) >= 11 is 5.96. The largest absolute Gasteiger partial charge is 0.493 e. The number of methoxy groups -OCH3 is 2. The molecule has 1 aliphatic rings. The van der Waals surface area contributed by atoms with Gasteiger partial charge in [0.25, 0.3) is 0 Å². The number of hydrogen-bond donors (Lipinski definition) is 1. The Labute approximate surface area is 177 Å². The van der Waals surface area contributed by atoms with E-state index >= 15 is 0 Å². The Hall–Kier alpha value is -2.44. The summed E-state index contributed by atoms with van der Waals surface area (Å²) in [6.45, 7) is 5.41. The predicted molar refractivity (Wildman–Crippen MR) is 116 cm³/mol. The van der Waals surface area contributed by atoms with Crippen LogP contribution in [-0.4, -0.2) is 64.3 Å².